The fourth-order valence-electron chi connectivity index (χ4n) is 2.83. The summed E-state index contributed by atoms with van der Waals surface area (Å²) in [4.78, 5) is 24.9. The lowest BCUT2D eigenvalue weighted by Gasteiger charge is -2.13. The lowest BCUT2D eigenvalue weighted by atomic mass is 10.1. The van der Waals surface area contributed by atoms with Gasteiger partial charge in [-0.1, -0.05) is 43.3 Å². The summed E-state index contributed by atoms with van der Waals surface area (Å²) in [5, 5.41) is 6.28. The van der Waals surface area contributed by atoms with Crippen molar-refractivity contribution in [3.63, 3.8) is 0 Å². The van der Waals surface area contributed by atoms with Crippen molar-refractivity contribution in [2.24, 2.45) is 0 Å². The van der Waals surface area contributed by atoms with Gasteiger partial charge in [0.1, 0.15) is 24.0 Å². The number of ether oxygens (including phenoxy) is 1. The molecule has 1 heterocycles. The molecule has 0 saturated carbocycles. The Morgan fingerprint density at radius 3 is 2.54 bits per heavy atom. The number of hydrogen-bond acceptors (Lipinski definition) is 4. The Balaban J connectivity index is 1.81. The average molecular weight is 380 g/mol. The number of benzene rings is 2. The molecule has 2 aromatic carbocycles. The van der Waals surface area contributed by atoms with Crippen molar-refractivity contribution in [1.82, 2.24) is 10.6 Å². The van der Waals surface area contributed by atoms with E-state index in [9.17, 15) is 9.59 Å². The van der Waals surface area contributed by atoms with Crippen molar-refractivity contribution in [2.75, 3.05) is 6.54 Å². The van der Waals surface area contributed by atoms with E-state index in [0.717, 1.165) is 11.8 Å². The Kier molecular flexibility index (Phi) is 6.32. The molecule has 6 nitrogen and oxygen atoms in total. The molecule has 0 saturated heterocycles. The number of amides is 2. The molecular weight excluding hydrogens is 356 g/mol. The monoisotopic (exact) mass is 380 g/mol. The van der Waals surface area contributed by atoms with E-state index in [4.69, 9.17) is 9.15 Å². The first-order valence-electron chi connectivity index (χ1n) is 9.37. The maximum Gasteiger partial charge on any atom is 0.288 e. The van der Waals surface area contributed by atoms with Crippen LogP contribution in [0.4, 0.5) is 0 Å². The minimum atomic E-state index is -0.671. The highest BCUT2D eigenvalue weighted by molar-refractivity contribution is 6.00. The molecule has 28 heavy (non-hydrogen) atoms. The largest absolute Gasteiger partial charge is 0.489 e. The van der Waals surface area contributed by atoms with Crippen molar-refractivity contribution in [3.05, 3.63) is 65.9 Å². The number of fused-ring (bicyclic) bond motifs is 1. The molecule has 0 aliphatic carbocycles. The zero-order valence-electron chi connectivity index (χ0n) is 16.0. The van der Waals surface area contributed by atoms with Crippen molar-refractivity contribution >= 4 is 22.8 Å². The molecule has 0 bridgehead atoms. The maximum absolute atomic E-state index is 12.8. The minimum Gasteiger partial charge on any atom is -0.489 e. The van der Waals surface area contributed by atoms with E-state index in [-0.39, 0.29) is 18.3 Å². The topological polar surface area (TPSA) is 80.6 Å². The smallest absolute Gasteiger partial charge is 0.288 e. The molecule has 0 radical (unpaired) electrons. The molecule has 3 aromatic rings. The van der Waals surface area contributed by atoms with Crippen LogP contribution in [0, 0.1) is 0 Å². The molecule has 0 unspecified atom stereocenters. The third kappa shape index (κ3) is 4.52. The SMILES string of the molecule is CCCNC(=O)[C@H](C)NC(=O)c1oc2ccccc2c1COc1ccccc1. The molecule has 0 aliphatic rings. The lowest BCUT2D eigenvalue weighted by Crippen LogP contribution is -2.45. The van der Waals surface area contributed by atoms with Gasteiger partial charge in [-0.3, -0.25) is 9.59 Å². The van der Waals surface area contributed by atoms with Crippen molar-refractivity contribution < 1.29 is 18.7 Å². The second-order valence-corrected chi connectivity index (χ2v) is 6.49. The molecule has 6 heteroatoms. The fourth-order valence-corrected chi connectivity index (χ4v) is 2.83. The summed E-state index contributed by atoms with van der Waals surface area (Å²) in [6, 6.07) is 16.1. The van der Waals surface area contributed by atoms with E-state index in [2.05, 4.69) is 10.6 Å². The number of rotatable bonds is 8. The van der Waals surface area contributed by atoms with Crippen LogP contribution in [0.3, 0.4) is 0 Å². The Labute approximate surface area is 163 Å². The van der Waals surface area contributed by atoms with Crippen molar-refractivity contribution in [2.45, 2.75) is 32.9 Å². The quantitative estimate of drug-likeness (QED) is 0.625. The first kappa shape index (κ1) is 19.5. The first-order chi connectivity index (χ1) is 13.6. The summed E-state index contributed by atoms with van der Waals surface area (Å²) >= 11 is 0. The molecule has 2 N–H and O–H groups in total. The molecule has 0 fully saturated rings. The second-order valence-electron chi connectivity index (χ2n) is 6.49. The van der Waals surface area contributed by atoms with E-state index in [1.54, 1.807) is 13.0 Å². The molecule has 2 amide bonds. The predicted octanol–water partition coefficient (Wildman–Crippen LogP) is 3.66. The zero-order valence-corrected chi connectivity index (χ0v) is 16.0. The van der Waals surface area contributed by atoms with Crippen LogP contribution < -0.4 is 15.4 Å². The average Bonchev–Trinajstić information content (AvgIpc) is 3.10. The Bertz CT molecular complexity index is 950. The van der Waals surface area contributed by atoms with Crippen LogP contribution >= 0.6 is 0 Å². The van der Waals surface area contributed by atoms with E-state index in [1.165, 1.54) is 0 Å². The molecule has 3 rings (SSSR count). The van der Waals surface area contributed by atoms with Crippen LogP contribution in [0.1, 0.15) is 36.4 Å². The Morgan fingerprint density at radius 1 is 1.07 bits per heavy atom. The maximum atomic E-state index is 12.8. The van der Waals surface area contributed by atoms with Gasteiger partial charge in [0, 0.05) is 17.5 Å². The van der Waals surface area contributed by atoms with E-state index in [1.807, 2.05) is 55.5 Å². The third-order valence-electron chi connectivity index (χ3n) is 4.32. The molecule has 0 aliphatic heterocycles. The van der Waals surface area contributed by atoms with Crippen molar-refractivity contribution in [3.8, 4) is 5.75 Å². The number of nitrogens with one attached hydrogen (secondary N) is 2. The molecule has 1 aromatic heterocycles. The van der Waals surface area contributed by atoms with Crippen LogP contribution in [0.2, 0.25) is 0 Å². The van der Waals surface area contributed by atoms with Crippen LogP contribution in [0.15, 0.2) is 59.0 Å². The number of para-hydroxylation sites is 2. The van der Waals surface area contributed by atoms with E-state index in [0.29, 0.717) is 23.4 Å². The van der Waals surface area contributed by atoms with Crippen LogP contribution in [-0.2, 0) is 11.4 Å². The van der Waals surface area contributed by atoms with Gasteiger partial charge in [-0.2, -0.15) is 0 Å². The van der Waals surface area contributed by atoms with Gasteiger partial charge in [-0.15, -0.1) is 0 Å². The van der Waals surface area contributed by atoms with Gasteiger partial charge in [0.25, 0.3) is 5.91 Å². The third-order valence-corrected chi connectivity index (χ3v) is 4.32. The summed E-state index contributed by atoms with van der Waals surface area (Å²) in [5.41, 5.74) is 1.25. The minimum absolute atomic E-state index is 0.160. The van der Waals surface area contributed by atoms with Crippen LogP contribution in [0.25, 0.3) is 11.0 Å². The first-order valence-corrected chi connectivity index (χ1v) is 9.37. The second kappa shape index (κ2) is 9.08. The predicted molar refractivity (Wildman–Crippen MR) is 107 cm³/mol. The summed E-state index contributed by atoms with van der Waals surface area (Å²) in [6.45, 7) is 4.36. The molecule has 1 atom stereocenters. The van der Waals surface area contributed by atoms with Gasteiger partial charge in [-0.25, -0.2) is 0 Å². The van der Waals surface area contributed by atoms with Gasteiger partial charge in [-0.05, 0) is 31.5 Å². The molecule has 146 valence electrons. The van der Waals surface area contributed by atoms with Crippen LogP contribution in [-0.4, -0.2) is 24.4 Å². The summed E-state index contributed by atoms with van der Waals surface area (Å²) in [6.07, 6.45) is 0.830. The van der Waals surface area contributed by atoms with Crippen molar-refractivity contribution in [1.29, 1.82) is 0 Å². The number of hydrogen-bond donors (Lipinski definition) is 2. The molecule has 0 spiro atoms. The lowest BCUT2D eigenvalue weighted by molar-refractivity contribution is -0.122. The van der Waals surface area contributed by atoms with Gasteiger partial charge < -0.3 is 19.8 Å². The van der Waals surface area contributed by atoms with Gasteiger partial charge in [0.15, 0.2) is 5.76 Å². The number of carbonyl (C=O) groups excluding carboxylic acids is 2. The summed E-state index contributed by atoms with van der Waals surface area (Å²) < 4.78 is 11.6. The highest BCUT2D eigenvalue weighted by Gasteiger charge is 2.24. The molecular formula is C22H24N2O4. The Morgan fingerprint density at radius 2 is 1.79 bits per heavy atom. The van der Waals surface area contributed by atoms with Crippen LogP contribution in [0.5, 0.6) is 5.75 Å². The number of furan rings is 1. The van der Waals surface area contributed by atoms with E-state index < -0.39 is 11.9 Å². The summed E-state index contributed by atoms with van der Waals surface area (Å²) in [5.74, 6) is 0.189. The Hall–Kier alpha value is -3.28. The van der Waals surface area contributed by atoms with Gasteiger partial charge >= 0.3 is 0 Å². The number of carbonyl (C=O) groups is 2. The summed E-state index contributed by atoms with van der Waals surface area (Å²) in [7, 11) is 0. The highest BCUT2D eigenvalue weighted by Crippen LogP contribution is 2.27. The normalized spacial score (nSPS) is 11.8. The standard InChI is InChI=1S/C22H24N2O4/c1-3-13-23-21(25)15(2)24-22(26)20-18(14-27-16-9-5-4-6-10-16)17-11-7-8-12-19(17)28-20/h4-12,15H,3,13-14H2,1-2H3,(H,23,25)(H,24,26)/t15-/m0/s1. The zero-order chi connectivity index (χ0) is 19.9. The van der Waals surface area contributed by atoms with E-state index >= 15 is 0 Å². The van der Waals surface area contributed by atoms with Gasteiger partial charge in [0.05, 0.1) is 0 Å². The fraction of sp³-hybridized carbons (Fsp3) is 0.273. The van der Waals surface area contributed by atoms with Gasteiger partial charge in [0.2, 0.25) is 5.91 Å². The highest BCUT2D eigenvalue weighted by atomic mass is 16.5.